The van der Waals surface area contributed by atoms with E-state index in [-0.39, 0.29) is 18.0 Å². The average molecular weight is 256 g/mol. The Morgan fingerprint density at radius 3 is 2.76 bits per heavy atom. The van der Waals surface area contributed by atoms with Crippen LogP contribution in [0.4, 0.5) is 0 Å². The van der Waals surface area contributed by atoms with Gasteiger partial charge in [0.2, 0.25) is 10.0 Å². The first kappa shape index (κ1) is 13.7. The Kier molecular flexibility index (Phi) is 4.68. The third-order valence-corrected chi connectivity index (χ3v) is 3.62. The SMILES string of the molecule is C=CCNS(=O)(=O)c1ccc(OC)c(CN)c1. The summed E-state index contributed by atoms with van der Waals surface area (Å²) >= 11 is 0. The molecule has 5 nitrogen and oxygen atoms in total. The van der Waals surface area contributed by atoms with Gasteiger partial charge in [0.1, 0.15) is 5.75 Å². The predicted octanol–water partition coefficient (Wildman–Crippen LogP) is 0.618. The first-order valence-electron chi connectivity index (χ1n) is 5.02. The summed E-state index contributed by atoms with van der Waals surface area (Å²) in [5.41, 5.74) is 6.17. The van der Waals surface area contributed by atoms with Crippen molar-refractivity contribution in [2.24, 2.45) is 5.73 Å². The summed E-state index contributed by atoms with van der Waals surface area (Å²) in [4.78, 5) is 0.167. The van der Waals surface area contributed by atoms with Crippen molar-refractivity contribution >= 4 is 10.0 Å². The molecule has 17 heavy (non-hydrogen) atoms. The van der Waals surface area contributed by atoms with Gasteiger partial charge in [0.25, 0.3) is 0 Å². The normalized spacial score (nSPS) is 11.2. The number of sulfonamides is 1. The van der Waals surface area contributed by atoms with Crippen LogP contribution in [-0.4, -0.2) is 22.1 Å². The summed E-state index contributed by atoms with van der Waals surface area (Å²) in [7, 11) is -2.00. The highest BCUT2D eigenvalue weighted by Crippen LogP contribution is 2.21. The van der Waals surface area contributed by atoms with Gasteiger partial charge in [-0.25, -0.2) is 13.1 Å². The lowest BCUT2D eigenvalue weighted by molar-refractivity contribution is 0.409. The molecule has 0 amide bonds. The maximum absolute atomic E-state index is 11.8. The summed E-state index contributed by atoms with van der Waals surface area (Å²) in [6.45, 7) is 3.85. The second kappa shape index (κ2) is 5.81. The predicted molar refractivity (Wildman–Crippen MR) is 66.3 cm³/mol. The minimum absolute atomic E-state index is 0.167. The Morgan fingerprint density at radius 2 is 2.24 bits per heavy atom. The molecule has 0 aliphatic carbocycles. The molecule has 0 saturated heterocycles. The average Bonchev–Trinajstić information content (AvgIpc) is 2.35. The number of rotatable bonds is 6. The fourth-order valence-corrected chi connectivity index (χ4v) is 2.38. The molecule has 94 valence electrons. The van der Waals surface area contributed by atoms with Gasteiger partial charge in [0.15, 0.2) is 0 Å². The fourth-order valence-electron chi connectivity index (χ4n) is 1.33. The quantitative estimate of drug-likeness (QED) is 0.731. The van der Waals surface area contributed by atoms with Crippen LogP contribution in [0.25, 0.3) is 0 Å². The zero-order chi connectivity index (χ0) is 12.9. The zero-order valence-electron chi connectivity index (χ0n) is 9.64. The van der Waals surface area contributed by atoms with E-state index < -0.39 is 10.0 Å². The van der Waals surface area contributed by atoms with Crippen LogP contribution in [0.2, 0.25) is 0 Å². The molecule has 0 heterocycles. The van der Waals surface area contributed by atoms with Crippen molar-refractivity contribution < 1.29 is 13.2 Å². The van der Waals surface area contributed by atoms with Crippen LogP contribution in [0.1, 0.15) is 5.56 Å². The minimum Gasteiger partial charge on any atom is -0.496 e. The molecule has 0 radical (unpaired) electrons. The summed E-state index contributed by atoms with van der Waals surface area (Å²) in [6, 6.07) is 4.57. The third kappa shape index (κ3) is 3.29. The van der Waals surface area contributed by atoms with Crippen LogP contribution >= 0.6 is 0 Å². The Balaban J connectivity index is 3.11. The molecule has 0 unspecified atom stereocenters. The lowest BCUT2D eigenvalue weighted by Crippen LogP contribution is -2.23. The monoisotopic (exact) mass is 256 g/mol. The number of nitrogens with one attached hydrogen (secondary N) is 1. The largest absolute Gasteiger partial charge is 0.496 e. The summed E-state index contributed by atoms with van der Waals surface area (Å²) in [5.74, 6) is 0.579. The second-order valence-electron chi connectivity index (χ2n) is 3.32. The van der Waals surface area contributed by atoms with Crippen molar-refractivity contribution in [2.45, 2.75) is 11.4 Å². The zero-order valence-corrected chi connectivity index (χ0v) is 10.5. The van der Waals surface area contributed by atoms with Crippen LogP contribution in [0.5, 0.6) is 5.75 Å². The van der Waals surface area contributed by atoms with Crippen molar-refractivity contribution in [3.05, 3.63) is 36.4 Å². The van der Waals surface area contributed by atoms with E-state index in [0.29, 0.717) is 11.3 Å². The Hall–Kier alpha value is -1.37. The van der Waals surface area contributed by atoms with Crippen LogP contribution in [-0.2, 0) is 16.6 Å². The summed E-state index contributed by atoms with van der Waals surface area (Å²) in [6.07, 6.45) is 1.48. The van der Waals surface area contributed by atoms with Gasteiger partial charge in [0, 0.05) is 18.7 Å². The summed E-state index contributed by atoms with van der Waals surface area (Å²) < 4.78 is 31.1. The first-order valence-corrected chi connectivity index (χ1v) is 6.51. The van der Waals surface area contributed by atoms with E-state index in [9.17, 15) is 8.42 Å². The smallest absolute Gasteiger partial charge is 0.240 e. The van der Waals surface area contributed by atoms with Crippen LogP contribution in [0, 0.1) is 0 Å². The molecule has 1 aromatic carbocycles. The molecule has 0 aliphatic rings. The van der Waals surface area contributed by atoms with Crippen LogP contribution in [0.3, 0.4) is 0 Å². The molecule has 1 aromatic rings. The van der Waals surface area contributed by atoms with Gasteiger partial charge in [-0.15, -0.1) is 6.58 Å². The van der Waals surface area contributed by atoms with Gasteiger partial charge >= 0.3 is 0 Å². The molecule has 1 rings (SSSR count). The molecular formula is C11H16N2O3S. The lowest BCUT2D eigenvalue weighted by Gasteiger charge is -2.10. The molecule has 0 atom stereocenters. The number of ether oxygens (including phenoxy) is 1. The molecule has 0 aromatic heterocycles. The molecule has 0 bridgehead atoms. The summed E-state index contributed by atoms with van der Waals surface area (Å²) in [5, 5.41) is 0. The van der Waals surface area contributed by atoms with E-state index in [1.165, 1.54) is 25.3 Å². The van der Waals surface area contributed by atoms with Crippen molar-refractivity contribution in [3.8, 4) is 5.75 Å². The highest BCUT2D eigenvalue weighted by atomic mass is 32.2. The molecule has 0 fully saturated rings. The van der Waals surface area contributed by atoms with E-state index in [0.717, 1.165) is 0 Å². The standard InChI is InChI=1S/C11H16N2O3S/c1-3-6-13-17(14,15)10-4-5-11(16-2)9(7-10)8-12/h3-5,7,13H,1,6,8,12H2,2H3. The van der Waals surface area contributed by atoms with E-state index in [4.69, 9.17) is 10.5 Å². The third-order valence-electron chi connectivity index (χ3n) is 2.20. The van der Waals surface area contributed by atoms with Crippen molar-refractivity contribution in [3.63, 3.8) is 0 Å². The number of hydrogen-bond donors (Lipinski definition) is 2. The van der Waals surface area contributed by atoms with Gasteiger partial charge < -0.3 is 10.5 Å². The van der Waals surface area contributed by atoms with Crippen molar-refractivity contribution in [1.82, 2.24) is 4.72 Å². The molecule has 0 aliphatic heterocycles. The molecule has 0 spiro atoms. The maximum atomic E-state index is 11.8. The highest BCUT2D eigenvalue weighted by molar-refractivity contribution is 7.89. The van der Waals surface area contributed by atoms with Gasteiger partial charge in [-0.05, 0) is 18.2 Å². The Labute approximate surface area is 101 Å². The van der Waals surface area contributed by atoms with E-state index in [1.807, 2.05) is 0 Å². The van der Waals surface area contributed by atoms with E-state index in [2.05, 4.69) is 11.3 Å². The van der Waals surface area contributed by atoms with Crippen molar-refractivity contribution in [1.29, 1.82) is 0 Å². The van der Waals surface area contributed by atoms with Gasteiger partial charge in [-0.1, -0.05) is 6.08 Å². The lowest BCUT2D eigenvalue weighted by atomic mass is 10.2. The number of benzene rings is 1. The number of methoxy groups -OCH3 is 1. The molecular weight excluding hydrogens is 240 g/mol. The van der Waals surface area contributed by atoms with Crippen LogP contribution in [0.15, 0.2) is 35.7 Å². The highest BCUT2D eigenvalue weighted by Gasteiger charge is 2.14. The fraction of sp³-hybridized carbons (Fsp3) is 0.273. The van der Waals surface area contributed by atoms with Crippen molar-refractivity contribution in [2.75, 3.05) is 13.7 Å². The molecule has 6 heteroatoms. The van der Waals surface area contributed by atoms with Gasteiger partial charge in [-0.2, -0.15) is 0 Å². The van der Waals surface area contributed by atoms with E-state index in [1.54, 1.807) is 6.07 Å². The number of hydrogen-bond acceptors (Lipinski definition) is 4. The second-order valence-corrected chi connectivity index (χ2v) is 5.09. The van der Waals surface area contributed by atoms with Gasteiger partial charge in [-0.3, -0.25) is 0 Å². The molecule has 3 N–H and O–H groups in total. The topological polar surface area (TPSA) is 81.4 Å². The minimum atomic E-state index is -3.51. The Bertz CT molecular complexity index is 497. The Morgan fingerprint density at radius 1 is 1.53 bits per heavy atom. The van der Waals surface area contributed by atoms with E-state index >= 15 is 0 Å². The molecule has 0 saturated carbocycles. The first-order chi connectivity index (χ1) is 8.05. The van der Waals surface area contributed by atoms with Gasteiger partial charge in [0.05, 0.1) is 12.0 Å². The number of nitrogens with two attached hydrogens (primary N) is 1. The van der Waals surface area contributed by atoms with Crippen LogP contribution < -0.4 is 15.2 Å². The maximum Gasteiger partial charge on any atom is 0.240 e.